The van der Waals surface area contributed by atoms with Crippen molar-refractivity contribution in [3.05, 3.63) is 53.5 Å². The lowest BCUT2D eigenvalue weighted by atomic mass is 10.1. The number of aromatic nitrogens is 1. The van der Waals surface area contributed by atoms with Crippen LogP contribution in [0, 0.1) is 5.82 Å². The van der Waals surface area contributed by atoms with Crippen molar-refractivity contribution in [2.24, 2.45) is 10.7 Å². The second-order valence-electron chi connectivity index (χ2n) is 5.02. The van der Waals surface area contributed by atoms with Crippen LogP contribution < -0.4 is 15.8 Å². The number of nitrogens with one attached hydrogen (secondary N) is 1. The van der Waals surface area contributed by atoms with Crippen LogP contribution in [-0.4, -0.2) is 24.3 Å². The van der Waals surface area contributed by atoms with Gasteiger partial charge in [0, 0.05) is 18.3 Å². The molecule has 0 unspecified atom stereocenters. The highest BCUT2D eigenvalue weighted by Gasteiger charge is 2.16. The van der Waals surface area contributed by atoms with Crippen LogP contribution in [0.5, 0.6) is 5.75 Å². The summed E-state index contributed by atoms with van der Waals surface area (Å²) in [5.41, 5.74) is 7.29. The van der Waals surface area contributed by atoms with Crippen LogP contribution in [-0.2, 0) is 17.8 Å². The second kappa shape index (κ2) is 7.06. The molecular weight excluding hydrogens is 299 g/mol. The van der Waals surface area contributed by atoms with Crippen molar-refractivity contribution in [1.29, 1.82) is 0 Å². The van der Waals surface area contributed by atoms with Crippen molar-refractivity contribution in [2.75, 3.05) is 18.7 Å². The number of aliphatic imine (C=N–C) groups is 1. The van der Waals surface area contributed by atoms with E-state index in [2.05, 4.69) is 15.3 Å². The molecule has 7 heteroatoms. The maximum absolute atomic E-state index is 13.6. The highest BCUT2D eigenvalue weighted by atomic mass is 19.1. The molecule has 2 aromatic rings. The van der Waals surface area contributed by atoms with Crippen LogP contribution in [0.3, 0.4) is 0 Å². The highest BCUT2D eigenvalue weighted by molar-refractivity contribution is 5.91. The minimum atomic E-state index is -0.309. The third-order valence-corrected chi connectivity index (χ3v) is 3.34. The highest BCUT2D eigenvalue weighted by Crippen LogP contribution is 2.29. The van der Waals surface area contributed by atoms with Crippen LogP contribution >= 0.6 is 0 Å². The normalized spacial score (nSPS) is 14.0. The van der Waals surface area contributed by atoms with E-state index in [0.29, 0.717) is 31.1 Å². The molecule has 0 atom stereocenters. The zero-order chi connectivity index (χ0) is 16.1. The molecule has 1 aliphatic rings. The number of pyridine rings is 1. The predicted octanol–water partition coefficient (Wildman–Crippen LogP) is 2.06. The van der Waals surface area contributed by atoms with Gasteiger partial charge >= 0.3 is 0 Å². The standard InChI is InChI=1S/C16H17FN4O2/c17-13-7-11(15-12(8-13)9-22-10-23-15)4-6-20-16(18)21-14-3-1-2-5-19-14/h1-3,5,7-8H,4,6,9-10H2,(H3,18,19,20,21). The molecule has 0 radical (unpaired) electrons. The van der Waals surface area contributed by atoms with Gasteiger partial charge in [-0.15, -0.1) is 0 Å². The van der Waals surface area contributed by atoms with Gasteiger partial charge in [-0.2, -0.15) is 0 Å². The van der Waals surface area contributed by atoms with Crippen molar-refractivity contribution in [1.82, 2.24) is 4.98 Å². The van der Waals surface area contributed by atoms with E-state index in [-0.39, 0.29) is 18.6 Å². The molecule has 1 aliphatic heterocycles. The zero-order valence-electron chi connectivity index (χ0n) is 12.5. The minimum Gasteiger partial charge on any atom is -0.467 e. The lowest BCUT2D eigenvalue weighted by Gasteiger charge is -2.20. The largest absolute Gasteiger partial charge is 0.467 e. The molecule has 23 heavy (non-hydrogen) atoms. The van der Waals surface area contributed by atoms with Crippen LogP contribution in [0.4, 0.5) is 10.2 Å². The Kier molecular flexibility index (Phi) is 4.68. The van der Waals surface area contributed by atoms with E-state index in [4.69, 9.17) is 15.2 Å². The molecule has 2 heterocycles. The van der Waals surface area contributed by atoms with E-state index in [9.17, 15) is 4.39 Å². The van der Waals surface area contributed by atoms with Gasteiger partial charge in [0.1, 0.15) is 17.4 Å². The van der Waals surface area contributed by atoms with Crippen molar-refractivity contribution in [3.63, 3.8) is 0 Å². The van der Waals surface area contributed by atoms with E-state index < -0.39 is 0 Å². The monoisotopic (exact) mass is 316 g/mol. The fourth-order valence-electron chi connectivity index (χ4n) is 2.35. The van der Waals surface area contributed by atoms with Crippen molar-refractivity contribution in [3.8, 4) is 5.75 Å². The van der Waals surface area contributed by atoms with Gasteiger partial charge in [-0.25, -0.2) is 9.37 Å². The molecule has 1 aromatic carbocycles. The molecular formula is C16H17FN4O2. The summed E-state index contributed by atoms with van der Waals surface area (Å²) in [6.07, 6.45) is 2.18. The summed E-state index contributed by atoms with van der Waals surface area (Å²) in [4.78, 5) is 8.33. The lowest BCUT2D eigenvalue weighted by Crippen LogP contribution is -2.23. The van der Waals surface area contributed by atoms with E-state index in [0.717, 1.165) is 11.1 Å². The van der Waals surface area contributed by atoms with E-state index >= 15 is 0 Å². The topological polar surface area (TPSA) is 81.8 Å². The van der Waals surface area contributed by atoms with Crippen LogP contribution in [0.2, 0.25) is 0 Å². The summed E-state index contributed by atoms with van der Waals surface area (Å²) in [6.45, 7) is 0.941. The van der Waals surface area contributed by atoms with E-state index in [1.54, 1.807) is 12.3 Å². The number of hydrogen-bond donors (Lipinski definition) is 2. The number of anilines is 1. The Bertz CT molecular complexity index is 707. The third-order valence-electron chi connectivity index (χ3n) is 3.34. The van der Waals surface area contributed by atoms with Gasteiger partial charge < -0.3 is 20.5 Å². The molecule has 120 valence electrons. The number of benzene rings is 1. The summed E-state index contributed by atoms with van der Waals surface area (Å²) >= 11 is 0. The molecule has 3 rings (SSSR count). The zero-order valence-corrected chi connectivity index (χ0v) is 12.5. The quantitative estimate of drug-likeness (QED) is 0.666. The number of hydrogen-bond acceptors (Lipinski definition) is 4. The second-order valence-corrected chi connectivity index (χ2v) is 5.02. The van der Waals surface area contributed by atoms with Crippen LogP contribution in [0.15, 0.2) is 41.5 Å². The molecule has 0 aliphatic carbocycles. The molecule has 0 spiro atoms. The Balaban J connectivity index is 1.64. The van der Waals surface area contributed by atoms with Crippen molar-refractivity contribution >= 4 is 11.8 Å². The average molecular weight is 316 g/mol. The van der Waals surface area contributed by atoms with Gasteiger partial charge in [0.2, 0.25) is 0 Å². The van der Waals surface area contributed by atoms with Crippen LogP contribution in [0.1, 0.15) is 11.1 Å². The lowest BCUT2D eigenvalue weighted by molar-refractivity contribution is -0.0172. The van der Waals surface area contributed by atoms with Crippen molar-refractivity contribution in [2.45, 2.75) is 13.0 Å². The van der Waals surface area contributed by atoms with Gasteiger partial charge in [-0.3, -0.25) is 4.99 Å². The number of nitrogens with two attached hydrogens (primary N) is 1. The number of rotatable bonds is 4. The fourth-order valence-corrected chi connectivity index (χ4v) is 2.35. The van der Waals surface area contributed by atoms with E-state index in [1.165, 1.54) is 12.1 Å². The number of ether oxygens (including phenoxy) is 2. The molecule has 0 amide bonds. The molecule has 6 nitrogen and oxygen atoms in total. The summed E-state index contributed by atoms with van der Waals surface area (Å²) in [5.74, 6) is 1.26. The Morgan fingerprint density at radius 3 is 3.13 bits per heavy atom. The smallest absolute Gasteiger partial charge is 0.194 e. The molecule has 0 saturated carbocycles. The van der Waals surface area contributed by atoms with Gasteiger partial charge in [0.25, 0.3) is 0 Å². The summed E-state index contributed by atoms with van der Waals surface area (Å²) in [7, 11) is 0. The summed E-state index contributed by atoms with van der Waals surface area (Å²) < 4.78 is 24.3. The minimum absolute atomic E-state index is 0.179. The summed E-state index contributed by atoms with van der Waals surface area (Å²) in [6, 6.07) is 8.34. The number of guanidine groups is 1. The van der Waals surface area contributed by atoms with Gasteiger partial charge in [-0.05, 0) is 36.2 Å². The Morgan fingerprint density at radius 1 is 1.39 bits per heavy atom. The maximum Gasteiger partial charge on any atom is 0.194 e. The SMILES string of the molecule is NC(=NCCc1cc(F)cc2c1OCOC2)Nc1ccccn1. The Hall–Kier alpha value is -2.67. The molecule has 0 saturated heterocycles. The maximum atomic E-state index is 13.6. The first-order chi connectivity index (χ1) is 11.2. The first kappa shape index (κ1) is 15.2. The summed E-state index contributed by atoms with van der Waals surface area (Å²) in [5, 5.41) is 2.89. The third kappa shape index (κ3) is 3.95. The molecule has 3 N–H and O–H groups in total. The fraction of sp³-hybridized carbons (Fsp3) is 0.250. The first-order valence-electron chi connectivity index (χ1n) is 7.22. The first-order valence-corrected chi connectivity index (χ1v) is 7.22. The average Bonchev–Trinajstić information content (AvgIpc) is 2.55. The number of nitrogens with zero attached hydrogens (tertiary/aromatic N) is 2. The van der Waals surface area contributed by atoms with Crippen LogP contribution in [0.25, 0.3) is 0 Å². The van der Waals surface area contributed by atoms with Gasteiger partial charge in [0.15, 0.2) is 12.8 Å². The molecule has 1 aromatic heterocycles. The number of fused-ring (bicyclic) bond motifs is 1. The van der Waals surface area contributed by atoms with Gasteiger partial charge in [0.05, 0.1) is 6.61 Å². The predicted molar refractivity (Wildman–Crippen MR) is 84.7 cm³/mol. The Labute approximate surface area is 133 Å². The number of halogens is 1. The molecule has 0 bridgehead atoms. The van der Waals surface area contributed by atoms with Crippen molar-refractivity contribution < 1.29 is 13.9 Å². The Morgan fingerprint density at radius 2 is 2.30 bits per heavy atom. The molecule has 0 fully saturated rings. The van der Waals surface area contributed by atoms with E-state index in [1.807, 2.05) is 12.1 Å². The van der Waals surface area contributed by atoms with Gasteiger partial charge in [-0.1, -0.05) is 6.07 Å².